The van der Waals surface area contributed by atoms with Gasteiger partial charge in [0.15, 0.2) is 0 Å². The van der Waals surface area contributed by atoms with Crippen LogP contribution in [0.1, 0.15) is 12.8 Å². The molecule has 1 heterocycles. The Labute approximate surface area is 88.8 Å². The number of carbonyl (C=O) groups excluding carboxylic acids is 1. The number of aliphatic hydroxyl groups excluding tert-OH is 1. The molecule has 0 bridgehead atoms. The molecule has 0 radical (unpaired) electrons. The predicted octanol–water partition coefficient (Wildman–Crippen LogP) is 0.225. The molecule has 1 aliphatic rings. The summed E-state index contributed by atoms with van der Waals surface area (Å²) in [6.45, 7) is 1.60. The van der Waals surface area contributed by atoms with Crippen LogP contribution in [0.4, 0.5) is 0 Å². The molecule has 1 fully saturated rings. The first-order valence-corrected chi connectivity index (χ1v) is 5.37. The molecule has 1 amide bonds. The molecular formula is C9H16ClNO3. The maximum absolute atomic E-state index is 11.5. The van der Waals surface area contributed by atoms with Gasteiger partial charge in [-0.15, -0.1) is 11.6 Å². The van der Waals surface area contributed by atoms with E-state index in [2.05, 4.69) is 0 Å². The summed E-state index contributed by atoms with van der Waals surface area (Å²) >= 11 is 5.51. The molecule has 1 atom stereocenters. The van der Waals surface area contributed by atoms with Gasteiger partial charge in [-0.05, 0) is 6.42 Å². The Balaban J connectivity index is 2.31. The molecule has 0 aromatic carbocycles. The lowest BCUT2D eigenvalue weighted by molar-refractivity contribution is -0.140. The van der Waals surface area contributed by atoms with E-state index in [9.17, 15) is 4.79 Å². The number of halogens is 1. The molecule has 0 aliphatic carbocycles. The van der Waals surface area contributed by atoms with Crippen LogP contribution < -0.4 is 0 Å². The van der Waals surface area contributed by atoms with E-state index >= 15 is 0 Å². The van der Waals surface area contributed by atoms with Crippen molar-refractivity contribution in [2.24, 2.45) is 0 Å². The van der Waals surface area contributed by atoms with E-state index < -0.39 is 0 Å². The van der Waals surface area contributed by atoms with Crippen molar-refractivity contribution >= 4 is 17.5 Å². The molecular weight excluding hydrogens is 206 g/mol. The molecule has 0 saturated carbocycles. The summed E-state index contributed by atoms with van der Waals surface area (Å²) < 4.78 is 5.24. The fraction of sp³-hybridized carbons (Fsp3) is 0.889. The van der Waals surface area contributed by atoms with Gasteiger partial charge in [-0.1, -0.05) is 0 Å². The molecule has 82 valence electrons. The van der Waals surface area contributed by atoms with Crippen molar-refractivity contribution in [3.05, 3.63) is 0 Å². The number of aliphatic hydroxyl groups is 1. The number of rotatable bonds is 4. The van der Waals surface area contributed by atoms with Gasteiger partial charge in [-0.3, -0.25) is 4.79 Å². The Bertz CT molecular complexity index is 189. The van der Waals surface area contributed by atoms with Crippen LogP contribution in [0.15, 0.2) is 0 Å². The predicted molar refractivity (Wildman–Crippen MR) is 53.4 cm³/mol. The number of ether oxygens (including phenoxy) is 1. The number of amides is 1. The average Bonchev–Trinajstić information content (AvgIpc) is 2.26. The van der Waals surface area contributed by atoms with Crippen LogP contribution in [0.25, 0.3) is 0 Å². The maximum atomic E-state index is 11.5. The maximum Gasteiger partial charge on any atom is 0.222 e. The van der Waals surface area contributed by atoms with Crippen LogP contribution in [-0.4, -0.2) is 54.2 Å². The van der Waals surface area contributed by atoms with Crippen LogP contribution in [0.3, 0.4) is 0 Å². The molecule has 14 heavy (non-hydrogen) atoms. The van der Waals surface area contributed by atoms with Crippen molar-refractivity contribution in [3.8, 4) is 0 Å². The zero-order valence-corrected chi connectivity index (χ0v) is 8.87. The van der Waals surface area contributed by atoms with E-state index in [0.717, 1.165) is 0 Å². The molecule has 4 nitrogen and oxygen atoms in total. The van der Waals surface area contributed by atoms with Gasteiger partial charge in [-0.2, -0.15) is 0 Å². The summed E-state index contributed by atoms with van der Waals surface area (Å²) in [5.74, 6) is 0.617. The zero-order valence-electron chi connectivity index (χ0n) is 8.12. The highest BCUT2D eigenvalue weighted by molar-refractivity contribution is 6.17. The molecule has 1 rings (SSSR count). The summed E-state index contributed by atoms with van der Waals surface area (Å²) in [5, 5.41) is 8.88. The Kier molecular flexibility index (Phi) is 5.22. The summed E-state index contributed by atoms with van der Waals surface area (Å²) in [7, 11) is 0. The van der Waals surface area contributed by atoms with Crippen LogP contribution >= 0.6 is 11.6 Å². The van der Waals surface area contributed by atoms with Crippen molar-refractivity contribution in [1.82, 2.24) is 4.90 Å². The first-order valence-electron chi connectivity index (χ1n) is 4.84. The first-order chi connectivity index (χ1) is 6.77. The lowest BCUT2D eigenvalue weighted by Gasteiger charge is -2.32. The standard InChI is InChI=1S/C9H16ClNO3/c10-3-1-2-9(13)11-4-5-14-8(6-11)7-12/h8,12H,1-7H2. The summed E-state index contributed by atoms with van der Waals surface area (Å²) in [5.41, 5.74) is 0. The van der Waals surface area contributed by atoms with Gasteiger partial charge in [0.25, 0.3) is 0 Å². The minimum Gasteiger partial charge on any atom is -0.394 e. The van der Waals surface area contributed by atoms with Crippen molar-refractivity contribution < 1.29 is 14.6 Å². The number of nitrogens with zero attached hydrogens (tertiary/aromatic N) is 1. The monoisotopic (exact) mass is 221 g/mol. The number of alkyl halides is 1. The van der Waals surface area contributed by atoms with Crippen LogP contribution in [0.2, 0.25) is 0 Å². The van der Waals surface area contributed by atoms with E-state index in [1.54, 1.807) is 4.90 Å². The third-order valence-corrected chi connectivity index (χ3v) is 2.49. The molecule has 0 aromatic heterocycles. The highest BCUT2D eigenvalue weighted by Gasteiger charge is 2.22. The summed E-state index contributed by atoms with van der Waals surface area (Å²) in [4.78, 5) is 13.3. The average molecular weight is 222 g/mol. The zero-order chi connectivity index (χ0) is 10.4. The third kappa shape index (κ3) is 3.44. The van der Waals surface area contributed by atoms with Gasteiger partial charge in [0.05, 0.1) is 19.3 Å². The topological polar surface area (TPSA) is 49.8 Å². The molecule has 1 saturated heterocycles. The number of morpholine rings is 1. The van der Waals surface area contributed by atoms with Crippen molar-refractivity contribution in [2.45, 2.75) is 18.9 Å². The second-order valence-corrected chi connectivity index (χ2v) is 3.69. The molecule has 0 spiro atoms. The van der Waals surface area contributed by atoms with Gasteiger partial charge in [0.2, 0.25) is 5.91 Å². The minimum absolute atomic E-state index is 0.0285. The van der Waals surface area contributed by atoms with Crippen molar-refractivity contribution in [1.29, 1.82) is 0 Å². The number of carbonyl (C=O) groups is 1. The fourth-order valence-electron chi connectivity index (χ4n) is 1.43. The number of hydrogen-bond donors (Lipinski definition) is 1. The van der Waals surface area contributed by atoms with Gasteiger partial charge < -0.3 is 14.7 Å². The third-order valence-electron chi connectivity index (χ3n) is 2.22. The SMILES string of the molecule is O=C(CCCCl)N1CCOC(CO)C1. The first kappa shape index (κ1) is 11.8. The minimum atomic E-state index is -0.219. The van der Waals surface area contributed by atoms with Gasteiger partial charge in [0.1, 0.15) is 0 Å². The number of hydrogen-bond acceptors (Lipinski definition) is 3. The Morgan fingerprint density at radius 1 is 1.64 bits per heavy atom. The summed E-state index contributed by atoms with van der Waals surface area (Å²) in [6.07, 6.45) is 0.979. The van der Waals surface area contributed by atoms with E-state index in [0.29, 0.717) is 38.4 Å². The Morgan fingerprint density at radius 3 is 3.07 bits per heavy atom. The van der Waals surface area contributed by atoms with E-state index in [-0.39, 0.29) is 18.6 Å². The molecule has 1 N–H and O–H groups in total. The van der Waals surface area contributed by atoms with Crippen LogP contribution in [0.5, 0.6) is 0 Å². The molecule has 5 heteroatoms. The quantitative estimate of drug-likeness (QED) is 0.692. The fourth-order valence-corrected chi connectivity index (χ4v) is 1.57. The lowest BCUT2D eigenvalue weighted by Crippen LogP contribution is -2.46. The molecule has 1 aliphatic heterocycles. The Morgan fingerprint density at radius 2 is 2.43 bits per heavy atom. The molecule has 1 unspecified atom stereocenters. The van der Waals surface area contributed by atoms with Crippen LogP contribution in [-0.2, 0) is 9.53 Å². The normalized spacial score (nSPS) is 22.4. The molecule has 0 aromatic rings. The van der Waals surface area contributed by atoms with Gasteiger partial charge in [-0.25, -0.2) is 0 Å². The van der Waals surface area contributed by atoms with E-state index in [1.165, 1.54) is 0 Å². The lowest BCUT2D eigenvalue weighted by atomic mass is 10.2. The largest absolute Gasteiger partial charge is 0.394 e. The van der Waals surface area contributed by atoms with Crippen molar-refractivity contribution in [2.75, 3.05) is 32.2 Å². The van der Waals surface area contributed by atoms with E-state index in [1.807, 2.05) is 0 Å². The second kappa shape index (κ2) is 6.22. The van der Waals surface area contributed by atoms with Gasteiger partial charge in [0, 0.05) is 25.4 Å². The van der Waals surface area contributed by atoms with Crippen LogP contribution in [0, 0.1) is 0 Å². The smallest absolute Gasteiger partial charge is 0.222 e. The summed E-state index contributed by atoms with van der Waals surface area (Å²) in [6, 6.07) is 0. The second-order valence-electron chi connectivity index (χ2n) is 3.31. The van der Waals surface area contributed by atoms with Gasteiger partial charge >= 0.3 is 0 Å². The van der Waals surface area contributed by atoms with Crippen molar-refractivity contribution in [3.63, 3.8) is 0 Å². The van der Waals surface area contributed by atoms with E-state index in [4.69, 9.17) is 21.4 Å². The Hall–Kier alpha value is -0.320. The highest BCUT2D eigenvalue weighted by Crippen LogP contribution is 2.07. The highest BCUT2D eigenvalue weighted by atomic mass is 35.5.